The molecule has 88 valence electrons. The predicted octanol–water partition coefficient (Wildman–Crippen LogP) is 3.58. The number of rotatable bonds is 2. The molecule has 0 aliphatic rings. The number of hydrogen-bond acceptors (Lipinski definition) is 4. The zero-order chi connectivity index (χ0) is 12.4. The smallest absolute Gasteiger partial charge is 0.243 e. The number of hydrogen-bond donors (Lipinski definition) is 1. The second kappa shape index (κ2) is 4.89. The topological polar surface area (TPSA) is 61.0 Å². The first-order valence-corrected chi connectivity index (χ1v) is 5.95. The summed E-state index contributed by atoms with van der Waals surface area (Å²) in [5.41, 5.74) is 6.54. The Morgan fingerprint density at radius 1 is 1.35 bits per heavy atom. The molecule has 6 heteroatoms. The molecule has 17 heavy (non-hydrogen) atoms. The predicted molar refractivity (Wildman–Crippen MR) is 70.4 cm³/mol. The number of nitrogens with two attached hydrogens (primary N) is 1. The van der Waals surface area contributed by atoms with E-state index in [4.69, 9.17) is 22.1 Å². The summed E-state index contributed by atoms with van der Waals surface area (Å²) in [7, 11) is 0. The molecule has 0 amide bonds. The Kier molecular flexibility index (Phi) is 3.49. The average Bonchev–Trinajstić information content (AvgIpc) is 2.30. The summed E-state index contributed by atoms with van der Waals surface area (Å²) < 4.78 is 6.52. The molecule has 2 aromatic rings. The van der Waals surface area contributed by atoms with Crippen molar-refractivity contribution in [1.29, 1.82) is 0 Å². The molecule has 2 N–H and O–H groups in total. The highest BCUT2D eigenvalue weighted by Gasteiger charge is 2.10. The van der Waals surface area contributed by atoms with Crippen molar-refractivity contribution in [3.05, 3.63) is 39.6 Å². The van der Waals surface area contributed by atoms with Gasteiger partial charge in [-0.3, -0.25) is 0 Å². The molecule has 0 saturated heterocycles. The maximum atomic E-state index is 5.95. The minimum atomic E-state index is 0.198. The van der Waals surface area contributed by atoms with Crippen LogP contribution in [0.25, 0.3) is 0 Å². The van der Waals surface area contributed by atoms with Crippen molar-refractivity contribution in [3.63, 3.8) is 0 Å². The van der Waals surface area contributed by atoms with Crippen molar-refractivity contribution < 1.29 is 4.74 Å². The monoisotopic (exact) mass is 313 g/mol. The van der Waals surface area contributed by atoms with Crippen molar-refractivity contribution in [1.82, 2.24) is 9.97 Å². The van der Waals surface area contributed by atoms with Gasteiger partial charge in [-0.15, -0.1) is 0 Å². The van der Waals surface area contributed by atoms with Gasteiger partial charge >= 0.3 is 0 Å². The van der Waals surface area contributed by atoms with Gasteiger partial charge < -0.3 is 10.5 Å². The van der Waals surface area contributed by atoms with Crippen LogP contribution < -0.4 is 10.5 Å². The maximum Gasteiger partial charge on any atom is 0.243 e. The number of ether oxygens (including phenoxy) is 1. The van der Waals surface area contributed by atoms with Gasteiger partial charge in [-0.1, -0.05) is 33.6 Å². The molecule has 0 aliphatic carbocycles. The third-order valence-corrected chi connectivity index (χ3v) is 2.99. The van der Waals surface area contributed by atoms with Crippen LogP contribution in [0.2, 0.25) is 5.02 Å². The van der Waals surface area contributed by atoms with E-state index in [0.717, 1.165) is 10.0 Å². The summed E-state index contributed by atoms with van der Waals surface area (Å²) in [5.74, 6) is 1.11. The fourth-order valence-corrected chi connectivity index (χ4v) is 1.70. The Morgan fingerprint density at radius 3 is 2.88 bits per heavy atom. The highest BCUT2D eigenvalue weighted by molar-refractivity contribution is 9.10. The Morgan fingerprint density at radius 2 is 2.12 bits per heavy atom. The first-order chi connectivity index (χ1) is 8.08. The average molecular weight is 315 g/mol. The van der Waals surface area contributed by atoms with E-state index in [0.29, 0.717) is 5.75 Å². The minimum absolute atomic E-state index is 0.198. The van der Waals surface area contributed by atoms with E-state index in [1.807, 2.05) is 25.1 Å². The van der Waals surface area contributed by atoms with E-state index in [2.05, 4.69) is 25.9 Å². The minimum Gasteiger partial charge on any atom is -0.437 e. The number of halogens is 2. The van der Waals surface area contributed by atoms with Crippen LogP contribution in [0.5, 0.6) is 11.6 Å². The highest BCUT2D eigenvalue weighted by atomic mass is 79.9. The first-order valence-electron chi connectivity index (χ1n) is 4.78. The molecule has 0 atom stereocenters. The fourth-order valence-electron chi connectivity index (χ4n) is 1.23. The highest BCUT2D eigenvalue weighted by Crippen LogP contribution is 2.32. The van der Waals surface area contributed by atoms with Gasteiger partial charge in [0, 0.05) is 4.47 Å². The number of benzene rings is 1. The third-order valence-electron chi connectivity index (χ3n) is 2.14. The number of aromatic nitrogens is 2. The summed E-state index contributed by atoms with van der Waals surface area (Å²) in [5, 5.41) is 0.215. The molecule has 0 spiro atoms. The Labute approximate surface area is 112 Å². The molecule has 1 heterocycles. The molecule has 1 aromatic carbocycles. The molecule has 0 unspecified atom stereocenters. The summed E-state index contributed by atoms with van der Waals surface area (Å²) in [6.45, 7) is 1.93. The van der Waals surface area contributed by atoms with Gasteiger partial charge in [0.15, 0.2) is 0 Å². The zero-order valence-electron chi connectivity index (χ0n) is 8.95. The quantitative estimate of drug-likeness (QED) is 0.920. The molecule has 0 fully saturated rings. The van der Waals surface area contributed by atoms with E-state index in [1.165, 1.54) is 6.33 Å². The van der Waals surface area contributed by atoms with E-state index in [-0.39, 0.29) is 16.7 Å². The molecule has 4 nitrogen and oxygen atoms in total. The lowest BCUT2D eigenvalue weighted by Crippen LogP contribution is -1.97. The molecule has 0 aliphatic heterocycles. The first kappa shape index (κ1) is 12.1. The van der Waals surface area contributed by atoms with Crippen LogP contribution in [0.4, 0.5) is 5.82 Å². The third kappa shape index (κ3) is 2.68. The van der Waals surface area contributed by atoms with Gasteiger partial charge in [-0.25, -0.2) is 4.98 Å². The van der Waals surface area contributed by atoms with Crippen molar-refractivity contribution in [3.8, 4) is 11.6 Å². The number of anilines is 1. The second-order valence-corrected chi connectivity index (χ2v) is 4.68. The Balaban J connectivity index is 2.38. The summed E-state index contributed by atoms with van der Waals surface area (Å²) >= 11 is 9.32. The van der Waals surface area contributed by atoms with Crippen molar-refractivity contribution >= 4 is 33.3 Å². The van der Waals surface area contributed by atoms with Crippen LogP contribution >= 0.6 is 27.5 Å². The number of nitrogen functional groups attached to an aromatic ring is 1. The van der Waals surface area contributed by atoms with E-state index in [9.17, 15) is 0 Å². The molecular formula is C11H9BrClN3O. The maximum absolute atomic E-state index is 5.95. The second-order valence-electron chi connectivity index (χ2n) is 3.39. The van der Waals surface area contributed by atoms with Crippen molar-refractivity contribution in [2.75, 3.05) is 5.73 Å². The summed E-state index contributed by atoms with van der Waals surface area (Å²) in [6, 6.07) is 5.69. The van der Waals surface area contributed by atoms with Gasteiger partial charge in [-0.2, -0.15) is 4.98 Å². The van der Waals surface area contributed by atoms with Gasteiger partial charge in [-0.05, 0) is 24.6 Å². The van der Waals surface area contributed by atoms with Crippen LogP contribution in [-0.4, -0.2) is 9.97 Å². The standard InChI is InChI=1S/C11H9BrClN3O/c1-6-2-3-7(12)4-8(6)17-11-9(13)10(14)15-5-16-11/h2-5H,1H3,(H2,14,15,16). The number of nitrogens with zero attached hydrogens (tertiary/aromatic N) is 2. The normalized spacial score (nSPS) is 10.3. The molecule has 2 rings (SSSR count). The molecule has 1 aromatic heterocycles. The zero-order valence-corrected chi connectivity index (χ0v) is 11.3. The van der Waals surface area contributed by atoms with Crippen LogP contribution in [-0.2, 0) is 0 Å². The lowest BCUT2D eigenvalue weighted by molar-refractivity contribution is 0.458. The van der Waals surface area contributed by atoms with E-state index >= 15 is 0 Å². The largest absolute Gasteiger partial charge is 0.437 e. The van der Waals surface area contributed by atoms with Crippen molar-refractivity contribution in [2.45, 2.75) is 6.92 Å². The Bertz CT molecular complexity index is 562. The van der Waals surface area contributed by atoms with Crippen LogP contribution in [0.1, 0.15) is 5.56 Å². The van der Waals surface area contributed by atoms with Crippen molar-refractivity contribution in [2.24, 2.45) is 0 Å². The lowest BCUT2D eigenvalue weighted by Gasteiger charge is -2.09. The van der Waals surface area contributed by atoms with E-state index in [1.54, 1.807) is 0 Å². The van der Waals surface area contributed by atoms with E-state index < -0.39 is 0 Å². The van der Waals surface area contributed by atoms with Gasteiger partial charge in [0.25, 0.3) is 0 Å². The van der Waals surface area contributed by atoms with Gasteiger partial charge in [0.1, 0.15) is 22.9 Å². The lowest BCUT2D eigenvalue weighted by atomic mass is 10.2. The van der Waals surface area contributed by atoms with Crippen LogP contribution in [0.3, 0.4) is 0 Å². The molecule has 0 radical (unpaired) electrons. The fraction of sp³-hybridized carbons (Fsp3) is 0.0909. The molecular weight excluding hydrogens is 305 g/mol. The molecule has 0 saturated carbocycles. The number of aryl methyl sites for hydroxylation is 1. The van der Waals surface area contributed by atoms with Crippen LogP contribution in [0, 0.1) is 6.92 Å². The van der Waals surface area contributed by atoms with Gasteiger partial charge in [0.05, 0.1) is 0 Å². The SMILES string of the molecule is Cc1ccc(Br)cc1Oc1ncnc(N)c1Cl. The van der Waals surface area contributed by atoms with Gasteiger partial charge in [0.2, 0.25) is 5.88 Å². The van der Waals surface area contributed by atoms with Crippen LogP contribution in [0.15, 0.2) is 29.0 Å². The molecule has 0 bridgehead atoms. The summed E-state index contributed by atoms with van der Waals surface area (Å²) in [4.78, 5) is 7.71. The Hall–Kier alpha value is -1.33. The summed E-state index contributed by atoms with van der Waals surface area (Å²) in [6.07, 6.45) is 1.31.